The van der Waals surface area contributed by atoms with Crippen LogP contribution in [0.5, 0.6) is 5.75 Å². The van der Waals surface area contributed by atoms with E-state index >= 15 is 0 Å². The Hall–Kier alpha value is -2.71. The minimum absolute atomic E-state index is 0.0116. The zero-order valence-corrected chi connectivity index (χ0v) is 16.2. The molecule has 2 aromatic rings. The number of nitrogens with zero attached hydrogens (tertiary/aromatic N) is 2. The fourth-order valence-electron chi connectivity index (χ4n) is 3.45. The van der Waals surface area contributed by atoms with Gasteiger partial charge in [-0.15, -0.1) is 0 Å². The number of methoxy groups -OCH3 is 2. The van der Waals surface area contributed by atoms with Crippen LogP contribution in [0.4, 0.5) is 4.39 Å². The number of ether oxygens (including phenoxy) is 2. The highest BCUT2D eigenvalue weighted by molar-refractivity contribution is 6.33. The Bertz CT molecular complexity index is 1010. The lowest BCUT2D eigenvalue weighted by Crippen LogP contribution is -2.31. The van der Waals surface area contributed by atoms with Gasteiger partial charge in [0.25, 0.3) is 0 Å². The van der Waals surface area contributed by atoms with Gasteiger partial charge < -0.3 is 19.5 Å². The van der Waals surface area contributed by atoms with Gasteiger partial charge in [-0.1, -0.05) is 11.6 Å². The van der Waals surface area contributed by atoms with Crippen molar-refractivity contribution in [3.8, 4) is 5.75 Å². The minimum Gasteiger partial charge on any atom is -0.495 e. The molecule has 7 nitrogen and oxygen atoms in total. The van der Waals surface area contributed by atoms with E-state index in [0.717, 1.165) is 6.08 Å². The first kappa shape index (κ1) is 20.0. The largest absolute Gasteiger partial charge is 0.495 e. The molecule has 1 N–H and O–H groups in total. The van der Waals surface area contributed by atoms with Crippen LogP contribution in [0.1, 0.15) is 29.8 Å². The molecule has 0 spiro atoms. The van der Waals surface area contributed by atoms with Crippen LogP contribution in [0.25, 0.3) is 17.0 Å². The Morgan fingerprint density at radius 1 is 1.46 bits per heavy atom. The van der Waals surface area contributed by atoms with Gasteiger partial charge in [0.1, 0.15) is 22.9 Å². The van der Waals surface area contributed by atoms with E-state index in [1.54, 1.807) is 11.0 Å². The number of carbonyl (C=O) groups is 2. The van der Waals surface area contributed by atoms with E-state index in [2.05, 4.69) is 4.98 Å². The van der Waals surface area contributed by atoms with Crippen molar-refractivity contribution < 1.29 is 28.6 Å². The highest BCUT2D eigenvalue weighted by Gasteiger charge is 2.35. The number of amides is 1. The predicted octanol–water partition coefficient (Wildman–Crippen LogP) is 3.18. The number of hydrogen-bond donors (Lipinski definition) is 1. The highest BCUT2D eigenvalue weighted by Crippen LogP contribution is 2.43. The maximum Gasteiger partial charge on any atom is 0.328 e. The van der Waals surface area contributed by atoms with Gasteiger partial charge in [0.05, 0.1) is 18.8 Å². The number of halogens is 2. The molecule has 28 heavy (non-hydrogen) atoms. The lowest BCUT2D eigenvalue weighted by atomic mass is 9.98. The van der Waals surface area contributed by atoms with Gasteiger partial charge in [0, 0.05) is 30.7 Å². The van der Waals surface area contributed by atoms with Crippen molar-refractivity contribution in [3.63, 3.8) is 0 Å². The summed E-state index contributed by atoms with van der Waals surface area (Å²) in [6.07, 6.45) is 2.21. The van der Waals surface area contributed by atoms with E-state index in [1.165, 1.54) is 20.3 Å². The maximum absolute atomic E-state index is 14.9. The van der Waals surface area contributed by atoms with Crippen molar-refractivity contribution >= 4 is 40.5 Å². The smallest absolute Gasteiger partial charge is 0.328 e. The van der Waals surface area contributed by atoms with E-state index in [0.29, 0.717) is 16.5 Å². The normalized spacial score (nSPS) is 16.0. The quantitative estimate of drug-likeness (QED) is 0.764. The molecule has 0 saturated heterocycles. The van der Waals surface area contributed by atoms with Crippen molar-refractivity contribution in [2.24, 2.45) is 0 Å². The van der Waals surface area contributed by atoms with E-state index in [1.807, 2.05) is 6.92 Å². The number of carboxylic acid groups (broad SMARTS) is 1. The van der Waals surface area contributed by atoms with Crippen LogP contribution in [-0.4, -0.2) is 47.7 Å². The summed E-state index contributed by atoms with van der Waals surface area (Å²) in [5.41, 5.74) is 1.58. The second-order valence-electron chi connectivity index (χ2n) is 6.29. The molecular formula is C19H18ClFN2O5. The summed E-state index contributed by atoms with van der Waals surface area (Å²) in [4.78, 5) is 29.3. The molecule has 3 rings (SSSR count). The second kappa shape index (κ2) is 7.73. The molecule has 1 aromatic heterocycles. The second-order valence-corrected chi connectivity index (χ2v) is 6.67. The van der Waals surface area contributed by atoms with Crippen LogP contribution in [-0.2, 0) is 20.9 Å². The molecule has 148 valence electrons. The van der Waals surface area contributed by atoms with Crippen molar-refractivity contribution in [1.29, 1.82) is 0 Å². The molecule has 0 saturated carbocycles. The Labute approximate surface area is 165 Å². The lowest BCUT2D eigenvalue weighted by Gasteiger charge is -2.22. The molecule has 1 amide bonds. The number of aliphatic carboxylic acids is 1. The molecule has 9 heteroatoms. The maximum atomic E-state index is 14.9. The molecule has 1 aliphatic rings. The Morgan fingerprint density at radius 2 is 2.18 bits per heavy atom. The van der Waals surface area contributed by atoms with Crippen molar-refractivity contribution in [1.82, 2.24) is 9.88 Å². The Balaban J connectivity index is 2.30. The van der Waals surface area contributed by atoms with Gasteiger partial charge in [-0.25, -0.2) is 14.2 Å². The number of hydrogen-bond acceptors (Lipinski definition) is 5. The fraction of sp³-hybridized carbons (Fsp3) is 0.316. The zero-order chi connectivity index (χ0) is 20.6. The monoisotopic (exact) mass is 408 g/mol. The minimum atomic E-state index is -1.16. The molecule has 0 unspecified atom stereocenters. The van der Waals surface area contributed by atoms with Gasteiger partial charge in [-0.05, 0) is 24.6 Å². The van der Waals surface area contributed by atoms with Crippen LogP contribution in [0.2, 0.25) is 5.02 Å². The third-order valence-electron chi connectivity index (χ3n) is 4.71. The number of fused-ring (bicyclic) bond motifs is 3. The van der Waals surface area contributed by atoms with E-state index in [-0.39, 0.29) is 41.0 Å². The number of rotatable bonds is 5. The molecule has 0 aliphatic carbocycles. The van der Waals surface area contributed by atoms with Crippen molar-refractivity contribution in [2.45, 2.75) is 19.5 Å². The van der Waals surface area contributed by atoms with Crippen LogP contribution in [0.3, 0.4) is 0 Å². The standard InChI is InChI=1S/C19H18ClFN2O5/c1-9-16-10-6-13(28-3)17(20)18(21)19(10)22-12(4-5-15(25)26)11(16)7-23(9)14(24)8-27-2/h4-6,9H,7-8H2,1-3H3,(H,25,26)/b5-4+/t9-/m0/s1. The number of carboxylic acids is 1. The van der Waals surface area contributed by atoms with Crippen molar-refractivity contribution in [2.75, 3.05) is 20.8 Å². The van der Waals surface area contributed by atoms with Crippen LogP contribution >= 0.6 is 11.6 Å². The number of carbonyl (C=O) groups excluding carboxylic acids is 1. The Kier molecular flexibility index (Phi) is 5.53. The lowest BCUT2D eigenvalue weighted by molar-refractivity contribution is -0.137. The van der Waals surface area contributed by atoms with Crippen molar-refractivity contribution in [3.05, 3.63) is 39.8 Å². The zero-order valence-electron chi connectivity index (χ0n) is 15.5. The summed E-state index contributed by atoms with van der Waals surface area (Å²) >= 11 is 6.03. The van der Waals surface area contributed by atoms with Gasteiger partial charge >= 0.3 is 5.97 Å². The van der Waals surface area contributed by atoms with E-state index in [9.17, 15) is 14.0 Å². The Morgan fingerprint density at radius 3 is 2.79 bits per heavy atom. The molecule has 1 atom stereocenters. The molecule has 0 fully saturated rings. The first-order chi connectivity index (χ1) is 13.3. The SMILES string of the molecule is COCC(=O)N1Cc2c(/C=C/C(=O)O)nc3c(F)c(Cl)c(OC)cc3c2[C@@H]1C. The average Bonchev–Trinajstić information content (AvgIpc) is 3.01. The molecule has 2 heterocycles. The number of pyridine rings is 1. The molecular weight excluding hydrogens is 391 g/mol. The first-order valence-electron chi connectivity index (χ1n) is 8.38. The fourth-order valence-corrected chi connectivity index (χ4v) is 3.67. The molecule has 0 bridgehead atoms. The van der Waals surface area contributed by atoms with Crippen LogP contribution < -0.4 is 4.74 Å². The third kappa shape index (κ3) is 3.29. The van der Waals surface area contributed by atoms with Gasteiger partial charge in [0.2, 0.25) is 5.91 Å². The summed E-state index contributed by atoms with van der Waals surface area (Å²) in [5, 5.41) is 9.20. The summed E-state index contributed by atoms with van der Waals surface area (Å²) in [6.45, 7) is 1.91. The van der Waals surface area contributed by atoms with Gasteiger partial charge in [-0.3, -0.25) is 4.79 Å². The van der Waals surface area contributed by atoms with Crippen LogP contribution in [0.15, 0.2) is 12.1 Å². The van der Waals surface area contributed by atoms with E-state index in [4.69, 9.17) is 26.2 Å². The van der Waals surface area contributed by atoms with Gasteiger partial charge in [-0.2, -0.15) is 0 Å². The summed E-state index contributed by atoms with van der Waals surface area (Å²) in [6, 6.07) is 1.18. The summed E-state index contributed by atoms with van der Waals surface area (Å²) in [5.74, 6) is -2.02. The van der Waals surface area contributed by atoms with Gasteiger partial charge in [0.15, 0.2) is 5.82 Å². The summed E-state index contributed by atoms with van der Waals surface area (Å²) < 4.78 is 25.0. The third-order valence-corrected chi connectivity index (χ3v) is 5.06. The highest BCUT2D eigenvalue weighted by atomic mass is 35.5. The molecule has 1 aliphatic heterocycles. The number of benzene rings is 1. The average molecular weight is 409 g/mol. The first-order valence-corrected chi connectivity index (χ1v) is 8.75. The van der Waals surface area contributed by atoms with E-state index < -0.39 is 17.8 Å². The number of aromatic nitrogens is 1. The topological polar surface area (TPSA) is 89.0 Å². The molecule has 0 radical (unpaired) electrons. The summed E-state index contributed by atoms with van der Waals surface area (Å²) in [7, 11) is 2.80. The van der Waals surface area contributed by atoms with Crippen LogP contribution in [0, 0.1) is 5.82 Å². The predicted molar refractivity (Wildman–Crippen MR) is 101 cm³/mol. The molecule has 1 aromatic carbocycles.